The van der Waals surface area contributed by atoms with Crippen LogP contribution in [0.25, 0.3) is 32.7 Å². The Morgan fingerprint density at radius 1 is 0.667 bits per heavy atom. The Morgan fingerprint density at radius 2 is 1.17 bits per heavy atom. The molecule has 8 heteroatoms. The van der Waals surface area contributed by atoms with Gasteiger partial charge in [-0.3, -0.25) is 4.99 Å². The lowest BCUT2D eigenvalue weighted by molar-refractivity contribution is 0.709. The number of benzene rings is 3. The van der Waals surface area contributed by atoms with Gasteiger partial charge in [-0.1, -0.05) is 66.0 Å². The quantitative estimate of drug-likeness (QED) is 0.150. The number of rotatable bonds is 4. The maximum absolute atomic E-state index is 5.09. The van der Waals surface area contributed by atoms with Crippen molar-refractivity contribution in [2.45, 2.75) is 12.0 Å². The Bertz CT molecular complexity index is 1730. The second-order valence-corrected chi connectivity index (χ2v) is 11.9. The van der Waals surface area contributed by atoms with E-state index in [9.17, 15) is 0 Å². The molecule has 3 aromatic heterocycles. The standard InChI is InChI=1S/C28H20Br3N5/c29-14-1-4-17-20(10-32-23(17)7-14)26-13-35-28(36-26)27(21-11-33-24-8-15(30)2-5-18(21)24)22-12-34-25-9-16(31)3-6-19(22)25/h1-12,26-27,32-34H,13H2,(H,35,36). The summed E-state index contributed by atoms with van der Waals surface area (Å²) in [6, 6.07) is 19.3. The van der Waals surface area contributed by atoms with Crippen LogP contribution in [0.2, 0.25) is 0 Å². The number of H-pyrrole nitrogens is 3. The van der Waals surface area contributed by atoms with Crippen LogP contribution in [0.1, 0.15) is 28.7 Å². The summed E-state index contributed by atoms with van der Waals surface area (Å²) in [6.07, 6.45) is 6.36. The molecule has 0 saturated carbocycles. The van der Waals surface area contributed by atoms with Gasteiger partial charge >= 0.3 is 0 Å². The predicted octanol–water partition coefficient (Wildman–Crippen LogP) is 8.29. The van der Waals surface area contributed by atoms with E-state index in [0.29, 0.717) is 6.54 Å². The fourth-order valence-electron chi connectivity index (χ4n) is 5.40. The molecule has 1 unspecified atom stereocenters. The van der Waals surface area contributed by atoms with Crippen LogP contribution in [0.4, 0.5) is 0 Å². The predicted molar refractivity (Wildman–Crippen MR) is 158 cm³/mol. The first-order chi connectivity index (χ1) is 17.5. The van der Waals surface area contributed by atoms with Crippen LogP contribution in [-0.4, -0.2) is 27.3 Å². The Morgan fingerprint density at radius 3 is 1.75 bits per heavy atom. The SMILES string of the molecule is Brc1ccc2c(C3CN=C(C(c4c[nH]c5cc(Br)ccc45)c4c[nH]c5cc(Br)ccc45)N3)c[nH]c2c1. The Hall–Kier alpha value is -2.81. The lowest BCUT2D eigenvalue weighted by atomic mass is 9.89. The van der Waals surface area contributed by atoms with Gasteiger partial charge in [0.25, 0.3) is 0 Å². The molecule has 4 N–H and O–H groups in total. The smallest absolute Gasteiger partial charge is 0.109 e. The second kappa shape index (κ2) is 8.64. The van der Waals surface area contributed by atoms with E-state index in [1.807, 2.05) is 0 Å². The second-order valence-electron chi connectivity index (χ2n) is 9.16. The number of hydrogen-bond acceptors (Lipinski definition) is 2. The summed E-state index contributed by atoms with van der Waals surface area (Å²) in [4.78, 5) is 15.5. The highest BCUT2D eigenvalue weighted by Gasteiger charge is 2.32. The van der Waals surface area contributed by atoms with Crippen LogP contribution in [0.3, 0.4) is 0 Å². The zero-order chi connectivity index (χ0) is 24.4. The van der Waals surface area contributed by atoms with Crippen molar-refractivity contribution < 1.29 is 0 Å². The van der Waals surface area contributed by atoms with Crippen LogP contribution in [0.15, 0.2) is 91.6 Å². The van der Waals surface area contributed by atoms with E-state index in [1.54, 1.807) is 0 Å². The van der Waals surface area contributed by atoms with Crippen molar-refractivity contribution in [1.82, 2.24) is 20.3 Å². The molecule has 5 nitrogen and oxygen atoms in total. The third-order valence-corrected chi connectivity index (χ3v) is 8.54. The minimum atomic E-state index is -0.0424. The van der Waals surface area contributed by atoms with E-state index >= 15 is 0 Å². The maximum atomic E-state index is 5.09. The van der Waals surface area contributed by atoms with Crippen LogP contribution in [0, 0.1) is 0 Å². The lowest BCUT2D eigenvalue weighted by Crippen LogP contribution is -2.29. The zero-order valence-electron chi connectivity index (χ0n) is 18.9. The normalized spacial score (nSPS) is 15.9. The van der Waals surface area contributed by atoms with E-state index in [2.05, 4.69) is 141 Å². The average molecular weight is 666 g/mol. The fourth-order valence-corrected chi connectivity index (χ4v) is 6.48. The van der Waals surface area contributed by atoms with Gasteiger partial charge in [-0.15, -0.1) is 0 Å². The first-order valence-electron chi connectivity index (χ1n) is 11.7. The number of fused-ring (bicyclic) bond motifs is 3. The first-order valence-corrected chi connectivity index (χ1v) is 14.0. The minimum Gasteiger partial charge on any atom is -0.364 e. The van der Waals surface area contributed by atoms with Gasteiger partial charge in [0.05, 0.1) is 18.5 Å². The summed E-state index contributed by atoms with van der Waals surface area (Å²) in [5.41, 5.74) is 6.97. The van der Waals surface area contributed by atoms with Crippen molar-refractivity contribution in [3.05, 3.63) is 103 Å². The number of hydrogen-bond donors (Lipinski definition) is 4. The molecule has 4 heterocycles. The van der Waals surface area contributed by atoms with Gasteiger partial charge in [-0.25, -0.2) is 0 Å². The Kier molecular flexibility index (Phi) is 5.38. The van der Waals surface area contributed by atoms with Gasteiger partial charge in [0, 0.05) is 70.3 Å². The van der Waals surface area contributed by atoms with Crippen molar-refractivity contribution >= 4 is 86.3 Å². The summed E-state index contributed by atoms with van der Waals surface area (Å²) < 4.78 is 3.18. The Labute approximate surface area is 232 Å². The number of aromatic nitrogens is 3. The highest BCUT2D eigenvalue weighted by Crippen LogP contribution is 2.39. The summed E-state index contributed by atoms with van der Waals surface area (Å²) in [6.45, 7) is 0.691. The number of aromatic amines is 3. The molecule has 0 fully saturated rings. The molecule has 178 valence electrons. The molecule has 0 bridgehead atoms. The van der Waals surface area contributed by atoms with E-state index in [-0.39, 0.29) is 12.0 Å². The molecule has 0 aliphatic carbocycles. The molecule has 0 amide bonds. The topological polar surface area (TPSA) is 71.8 Å². The Balaban J connectivity index is 1.34. The van der Waals surface area contributed by atoms with Gasteiger partial charge in [0.2, 0.25) is 0 Å². The zero-order valence-corrected chi connectivity index (χ0v) is 23.6. The largest absolute Gasteiger partial charge is 0.364 e. The monoisotopic (exact) mass is 663 g/mol. The summed E-state index contributed by atoms with van der Waals surface area (Å²) in [7, 11) is 0. The summed E-state index contributed by atoms with van der Waals surface area (Å²) >= 11 is 10.8. The van der Waals surface area contributed by atoms with Crippen molar-refractivity contribution in [3.8, 4) is 0 Å². The van der Waals surface area contributed by atoms with Crippen LogP contribution in [-0.2, 0) is 0 Å². The molecule has 3 aromatic carbocycles. The molecule has 0 saturated heterocycles. The molecule has 0 spiro atoms. The minimum absolute atomic E-state index is 0.0424. The van der Waals surface area contributed by atoms with Crippen LogP contribution in [0.5, 0.6) is 0 Å². The van der Waals surface area contributed by atoms with Gasteiger partial charge in [0.15, 0.2) is 0 Å². The van der Waals surface area contributed by atoms with Gasteiger partial charge in [-0.05, 0) is 47.5 Å². The van der Waals surface area contributed by atoms with Crippen molar-refractivity contribution in [1.29, 1.82) is 0 Å². The molecular weight excluding hydrogens is 646 g/mol. The van der Waals surface area contributed by atoms with Crippen molar-refractivity contribution in [2.75, 3.05) is 6.54 Å². The molecule has 1 aliphatic heterocycles. The molecule has 6 aromatic rings. The molecule has 7 rings (SSSR count). The number of nitrogens with one attached hydrogen (secondary N) is 4. The molecular formula is C28H20Br3N5. The van der Waals surface area contributed by atoms with Gasteiger partial charge < -0.3 is 20.3 Å². The number of halogens is 3. The van der Waals surface area contributed by atoms with Crippen molar-refractivity contribution in [2.24, 2.45) is 4.99 Å². The number of aliphatic imine (C=N–C) groups is 1. The van der Waals surface area contributed by atoms with Crippen LogP contribution < -0.4 is 5.32 Å². The molecule has 1 aliphatic rings. The molecule has 36 heavy (non-hydrogen) atoms. The third-order valence-electron chi connectivity index (χ3n) is 7.06. The lowest BCUT2D eigenvalue weighted by Gasteiger charge is -2.20. The summed E-state index contributed by atoms with van der Waals surface area (Å²) in [5.74, 6) is 0.943. The average Bonchev–Trinajstić information content (AvgIpc) is 3.65. The first kappa shape index (κ1) is 22.4. The van der Waals surface area contributed by atoms with E-state index in [4.69, 9.17) is 4.99 Å². The highest BCUT2D eigenvalue weighted by atomic mass is 79.9. The maximum Gasteiger partial charge on any atom is 0.109 e. The van der Waals surface area contributed by atoms with E-state index in [1.165, 1.54) is 32.8 Å². The van der Waals surface area contributed by atoms with Crippen LogP contribution >= 0.6 is 47.8 Å². The summed E-state index contributed by atoms with van der Waals surface area (Å²) in [5, 5.41) is 7.41. The number of amidine groups is 1. The van der Waals surface area contributed by atoms with Crippen molar-refractivity contribution in [3.63, 3.8) is 0 Å². The van der Waals surface area contributed by atoms with E-state index in [0.717, 1.165) is 35.8 Å². The number of nitrogens with zero attached hydrogens (tertiary/aromatic N) is 1. The highest BCUT2D eigenvalue weighted by molar-refractivity contribution is 9.11. The fraction of sp³-hybridized carbons (Fsp3) is 0.107. The third kappa shape index (κ3) is 3.66. The molecule has 0 radical (unpaired) electrons. The van der Waals surface area contributed by atoms with Gasteiger partial charge in [0.1, 0.15) is 5.84 Å². The van der Waals surface area contributed by atoms with E-state index < -0.39 is 0 Å². The van der Waals surface area contributed by atoms with Gasteiger partial charge in [-0.2, -0.15) is 0 Å². The molecule has 1 atom stereocenters.